The Kier molecular flexibility index (Phi) is 10.3. The molecule has 0 aliphatic carbocycles. The van der Waals surface area contributed by atoms with Crippen LogP contribution in [-0.2, 0) is 35.5 Å². The summed E-state index contributed by atoms with van der Waals surface area (Å²) in [7, 11) is 4.73. The summed E-state index contributed by atoms with van der Waals surface area (Å²) >= 11 is 0. The predicted octanol–water partition coefficient (Wildman–Crippen LogP) is 4.61. The molecule has 41 heavy (non-hydrogen) atoms. The van der Waals surface area contributed by atoms with Crippen molar-refractivity contribution >= 4 is 11.8 Å². The number of benzene rings is 3. The number of aromatic nitrogens is 1. The maximum Gasteiger partial charge on any atom is 0.243 e. The lowest BCUT2D eigenvalue weighted by Gasteiger charge is -2.32. The monoisotopic (exact) mass is 553 g/mol. The third-order valence-corrected chi connectivity index (χ3v) is 6.76. The van der Waals surface area contributed by atoms with Gasteiger partial charge in [-0.3, -0.25) is 14.6 Å². The molecule has 8 nitrogen and oxygen atoms in total. The van der Waals surface area contributed by atoms with Gasteiger partial charge in [0.05, 0.1) is 40.0 Å². The summed E-state index contributed by atoms with van der Waals surface area (Å²) in [5.74, 6) is 1.38. The van der Waals surface area contributed by atoms with E-state index in [2.05, 4.69) is 10.3 Å². The average molecular weight is 554 g/mol. The molecule has 3 aromatic carbocycles. The predicted molar refractivity (Wildman–Crippen MR) is 157 cm³/mol. The first kappa shape index (κ1) is 29.1. The van der Waals surface area contributed by atoms with Gasteiger partial charge in [0.15, 0.2) is 11.5 Å². The van der Waals surface area contributed by atoms with Crippen molar-refractivity contribution in [1.29, 1.82) is 0 Å². The molecule has 1 aromatic heterocycles. The van der Waals surface area contributed by atoms with Gasteiger partial charge in [0.1, 0.15) is 11.8 Å². The Hall–Kier alpha value is -4.85. The highest BCUT2D eigenvalue weighted by molar-refractivity contribution is 5.88. The highest BCUT2D eigenvalue weighted by atomic mass is 16.5. The number of ether oxygens (including phenoxy) is 3. The molecule has 1 N–H and O–H groups in total. The van der Waals surface area contributed by atoms with Crippen molar-refractivity contribution < 1.29 is 23.8 Å². The number of hydrogen-bond donors (Lipinski definition) is 1. The molecule has 0 spiro atoms. The van der Waals surface area contributed by atoms with Gasteiger partial charge >= 0.3 is 0 Å². The van der Waals surface area contributed by atoms with Crippen LogP contribution >= 0.6 is 0 Å². The summed E-state index contributed by atoms with van der Waals surface area (Å²) in [5, 5.41) is 3.00. The van der Waals surface area contributed by atoms with Crippen LogP contribution in [0.2, 0.25) is 0 Å². The van der Waals surface area contributed by atoms with Crippen molar-refractivity contribution in [3.05, 3.63) is 120 Å². The van der Waals surface area contributed by atoms with E-state index in [1.807, 2.05) is 78.9 Å². The first-order valence-corrected chi connectivity index (χ1v) is 13.4. The molecule has 0 fully saturated rings. The lowest BCUT2D eigenvalue weighted by atomic mass is 10.0. The largest absolute Gasteiger partial charge is 0.497 e. The molecule has 212 valence electrons. The maximum absolute atomic E-state index is 14.0. The van der Waals surface area contributed by atoms with Crippen molar-refractivity contribution in [1.82, 2.24) is 15.2 Å². The Balaban J connectivity index is 1.66. The standard InChI is InChI=1S/C33H35N3O5/c1-39-28-15-12-25(13-16-28)23-36(32(37)21-26-14-17-30(40-2)31(20-26)41-3)29(19-24-9-5-4-6-10-24)33(38)35-22-27-11-7-8-18-34-27/h4-18,20,29H,19,21-23H2,1-3H3,(H,35,38). The number of carbonyl (C=O) groups is 2. The molecular formula is C33H35N3O5. The zero-order valence-corrected chi connectivity index (χ0v) is 23.6. The van der Waals surface area contributed by atoms with E-state index in [1.165, 1.54) is 0 Å². The van der Waals surface area contributed by atoms with Crippen LogP contribution in [0.1, 0.15) is 22.4 Å². The fourth-order valence-corrected chi connectivity index (χ4v) is 4.55. The van der Waals surface area contributed by atoms with Gasteiger partial charge in [-0.15, -0.1) is 0 Å². The second-order valence-electron chi connectivity index (χ2n) is 9.48. The molecule has 0 saturated heterocycles. The Bertz CT molecular complexity index is 1410. The van der Waals surface area contributed by atoms with Crippen LogP contribution in [0.25, 0.3) is 0 Å². The number of carbonyl (C=O) groups excluding carboxylic acids is 2. The topological polar surface area (TPSA) is 90.0 Å². The van der Waals surface area contributed by atoms with Gasteiger partial charge in [0.25, 0.3) is 0 Å². The fourth-order valence-electron chi connectivity index (χ4n) is 4.55. The van der Waals surface area contributed by atoms with Gasteiger partial charge in [-0.05, 0) is 53.1 Å². The van der Waals surface area contributed by atoms with Gasteiger partial charge in [-0.2, -0.15) is 0 Å². The molecule has 1 unspecified atom stereocenters. The number of nitrogens with one attached hydrogen (secondary N) is 1. The van der Waals surface area contributed by atoms with Crippen LogP contribution in [0.4, 0.5) is 0 Å². The Morgan fingerprint density at radius 3 is 2.15 bits per heavy atom. The summed E-state index contributed by atoms with van der Waals surface area (Å²) < 4.78 is 16.1. The molecule has 2 amide bonds. The average Bonchev–Trinajstić information content (AvgIpc) is 3.02. The second kappa shape index (κ2) is 14.5. The maximum atomic E-state index is 14.0. The third-order valence-electron chi connectivity index (χ3n) is 6.76. The smallest absolute Gasteiger partial charge is 0.243 e. The molecule has 1 heterocycles. The summed E-state index contributed by atoms with van der Waals surface area (Å²) in [6.45, 7) is 0.496. The minimum Gasteiger partial charge on any atom is -0.497 e. The molecule has 0 bridgehead atoms. The van der Waals surface area contributed by atoms with Crippen LogP contribution in [0.3, 0.4) is 0 Å². The van der Waals surface area contributed by atoms with E-state index in [9.17, 15) is 9.59 Å². The summed E-state index contributed by atoms with van der Waals surface area (Å²) in [6.07, 6.45) is 2.11. The molecule has 1 atom stereocenters. The Morgan fingerprint density at radius 2 is 1.49 bits per heavy atom. The molecule has 0 radical (unpaired) electrons. The molecule has 0 aliphatic rings. The number of amides is 2. The summed E-state index contributed by atoms with van der Waals surface area (Å²) in [6, 6.07) is 27.4. The van der Waals surface area contributed by atoms with E-state index in [1.54, 1.807) is 44.6 Å². The van der Waals surface area contributed by atoms with E-state index < -0.39 is 6.04 Å². The van der Waals surface area contributed by atoms with Crippen molar-refractivity contribution in [2.24, 2.45) is 0 Å². The van der Waals surface area contributed by atoms with Crippen molar-refractivity contribution in [3.63, 3.8) is 0 Å². The number of rotatable bonds is 13. The molecule has 0 saturated carbocycles. The first-order valence-electron chi connectivity index (χ1n) is 13.4. The van der Waals surface area contributed by atoms with E-state index in [-0.39, 0.29) is 31.3 Å². The van der Waals surface area contributed by atoms with Gasteiger partial charge in [0, 0.05) is 19.2 Å². The lowest BCUT2D eigenvalue weighted by molar-refractivity contribution is -0.140. The molecule has 4 rings (SSSR count). The normalized spacial score (nSPS) is 11.3. The van der Waals surface area contributed by atoms with Crippen LogP contribution in [-0.4, -0.2) is 49.1 Å². The number of nitrogens with zero attached hydrogens (tertiary/aromatic N) is 2. The van der Waals surface area contributed by atoms with Crippen molar-refractivity contribution in [2.45, 2.75) is 32.0 Å². The quantitative estimate of drug-likeness (QED) is 0.260. The minimum absolute atomic E-state index is 0.0787. The number of methoxy groups -OCH3 is 3. The van der Waals surface area contributed by atoms with Crippen molar-refractivity contribution in [3.8, 4) is 17.2 Å². The van der Waals surface area contributed by atoms with Gasteiger partial charge < -0.3 is 24.4 Å². The first-order chi connectivity index (χ1) is 20.0. The van der Waals surface area contributed by atoms with E-state index in [0.717, 1.165) is 22.4 Å². The molecule has 8 heteroatoms. The highest BCUT2D eigenvalue weighted by Crippen LogP contribution is 2.28. The molecule has 4 aromatic rings. The van der Waals surface area contributed by atoms with Crippen LogP contribution < -0.4 is 19.5 Å². The summed E-state index contributed by atoms with van der Waals surface area (Å²) in [5.41, 5.74) is 3.31. The Labute approximate surface area is 240 Å². The van der Waals surface area contributed by atoms with Gasteiger partial charge in [0.2, 0.25) is 11.8 Å². The Morgan fingerprint density at radius 1 is 0.780 bits per heavy atom. The zero-order chi connectivity index (χ0) is 29.0. The van der Waals surface area contributed by atoms with E-state index >= 15 is 0 Å². The number of pyridine rings is 1. The number of hydrogen-bond acceptors (Lipinski definition) is 6. The minimum atomic E-state index is -0.768. The van der Waals surface area contributed by atoms with E-state index in [0.29, 0.717) is 23.7 Å². The van der Waals surface area contributed by atoms with Crippen molar-refractivity contribution in [2.75, 3.05) is 21.3 Å². The highest BCUT2D eigenvalue weighted by Gasteiger charge is 2.30. The zero-order valence-electron chi connectivity index (χ0n) is 23.6. The van der Waals surface area contributed by atoms with Crippen LogP contribution in [0, 0.1) is 0 Å². The van der Waals surface area contributed by atoms with E-state index in [4.69, 9.17) is 14.2 Å². The molecular weight excluding hydrogens is 518 g/mol. The third kappa shape index (κ3) is 8.08. The van der Waals surface area contributed by atoms with Gasteiger partial charge in [-0.25, -0.2) is 0 Å². The second-order valence-corrected chi connectivity index (χ2v) is 9.48. The van der Waals surface area contributed by atoms with Crippen LogP contribution in [0.5, 0.6) is 17.2 Å². The lowest BCUT2D eigenvalue weighted by Crippen LogP contribution is -2.50. The van der Waals surface area contributed by atoms with Gasteiger partial charge in [-0.1, -0.05) is 54.6 Å². The van der Waals surface area contributed by atoms with Crippen LogP contribution in [0.15, 0.2) is 97.2 Å². The summed E-state index contributed by atoms with van der Waals surface area (Å²) in [4.78, 5) is 33.8. The molecule has 0 aliphatic heterocycles. The fraction of sp³-hybridized carbons (Fsp3) is 0.242. The SMILES string of the molecule is COc1ccc(CN(C(=O)Cc2ccc(OC)c(OC)c2)C(Cc2ccccc2)C(=O)NCc2ccccn2)cc1.